The number of carbonyl (C=O) groups is 1. The predicted octanol–water partition coefficient (Wildman–Crippen LogP) is 1.14. The number of aliphatic hydroxyl groups excluding tert-OH is 1. The predicted molar refractivity (Wildman–Crippen MR) is 46.7 cm³/mol. The topological polar surface area (TPSA) is 49.3 Å². The SMILES string of the molecule is C[C@H](O)C(=O)Nc1ccc(F)cc1. The van der Waals surface area contributed by atoms with Gasteiger partial charge in [0.15, 0.2) is 0 Å². The van der Waals surface area contributed by atoms with Gasteiger partial charge in [0.05, 0.1) is 0 Å². The smallest absolute Gasteiger partial charge is 0.252 e. The standard InChI is InChI=1S/C9H10FNO2/c1-6(12)9(13)11-8-4-2-7(10)3-5-8/h2-6,12H,1H3,(H,11,13)/t6-/m0/s1. The average Bonchev–Trinajstić information content (AvgIpc) is 2.08. The molecule has 1 aromatic carbocycles. The molecule has 1 atom stereocenters. The van der Waals surface area contributed by atoms with Gasteiger partial charge in [-0.2, -0.15) is 0 Å². The largest absolute Gasteiger partial charge is 0.384 e. The molecule has 0 heterocycles. The molecule has 0 aromatic heterocycles. The molecule has 0 aliphatic rings. The van der Waals surface area contributed by atoms with E-state index in [4.69, 9.17) is 5.11 Å². The number of benzene rings is 1. The first-order valence-corrected chi connectivity index (χ1v) is 3.84. The molecule has 0 spiro atoms. The summed E-state index contributed by atoms with van der Waals surface area (Å²) in [6, 6.07) is 5.32. The lowest BCUT2D eigenvalue weighted by Gasteiger charge is -2.06. The molecule has 0 unspecified atom stereocenters. The summed E-state index contributed by atoms with van der Waals surface area (Å²) < 4.78 is 12.4. The Morgan fingerprint density at radius 1 is 1.46 bits per heavy atom. The lowest BCUT2D eigenvalue weighted by molar-refractivity contribution is -0.123. The molecule has 0 bridgehead atoms. The van der Waals surface area contributed by atoms with E-state index >= 15 is 0 Å². The summed E-state index contributed by atoms with van der Waals surface area (Å²) in [4.78, 5) is 10.9. The number of amides is 1. The van der Waals surface area contributed by atoms with Crippen LogP contribution in [0.2, 0.25) is 0 Å². The quantitative estimate of drug-likeness (QED) is 0.722. The van der Waals surface area contributed by atoms with E-state index < -0.39 is 12.0 Å². The fourth-order valence-electron chi connectivity index (χ4n) is 0.780. The number of aliphatic hydroxyl groups is 1. The number of rotatable bonds is 2. The second-order valence-corrected chi connectivity index (χ2v) is 2.67. The molecule has 0 saturated carbocycles. The van der Waals surface area contributed by atoms with E-state index in [1.165, 1.54) is 31.2 Å². The van der Waals surface area contributed by atoms with Gasteiger partial charge in [-0.15, -0.1) is 0 Å². The van der Waals surface area contributed by atoms with Crippen LogP contribution in [0, 0.1) is 5.82 Å². The van der Waals surface area contributed by atoms with E-state index in [0.717, 1.165) is 0 Å². The van der Waals surface area contributed by atoms with Crippen molar-refractivity contribution in [2.24, 2.45) is 0 Å². The summed E-state index contributed by atoms with van der Waals surface area (Å²) in [6.07, 6.45) is -1.06. The van der Waals surface area contributed by atoms with E-state index in [1.807, 2.05) is 0 Å². The van der Waals surface area contributed by atoms with Crippen molar-refractivity contribution in [1.82, 2.24) is 0 Å². The van der Waals surface area contributed by atoms with E-state index in [-0.39, 0.29) is 5.82 Å². The van der Waals surface area contributed by atoms with E-state index in [2.05, 4.69) is 5.32 Å². The maximum absolute atomic E-state index is 12.4. The van der Waals surface area contributed by atoms with Gasteiger partial charge in [0.25, 0.3) is 5.91 Å². The summed E-state index contributed by atoms with van der Waals surface area (Å²) in [5, 5.41) is 11.3. The first-order chi connectivity index (χ1) is 6.09. The van der Waals surface area contributed by atoms with Gasteiger partial charge >= 0.3 is 0 Å². The lowest BCUT2D eigenvalue weighted by Crippen LogP contribution is -2.24. The van der Waals surface area contributed by atoms with Gasteiger partial charge < -0.3 is 10.4 Å². The van der Waals surface area contributed by atoms with Crippen molar-refractivity contribution in [2.75, 3.05) is 5.32 Å². The van der Waals surface area contributed by atoms with E-state index in [9.17, 15) is 9.18 Å². The lowest BCUT2D eigenvalue weighted by atomic mass is 10.3. The van der Waals surface area contributed by atoms with Gasteiger partial charge in [-0.05, 0) is 31.2 Å². The van der Waals surface area contributed by atoms with Crippen molar-refractivity contribution >= 4 is 11.6 Å². The number of hydrogen-bond donors (Lipinski definition) is 2. The molecule has 0 saturated heterocycles. The van der Waals surface area contributed by atoms with Crippen LogP contribution < -0.4 is 5.32 Å². The molecule has 13 heavy (non-hydrogen) atoms. The molecule has 1 amide bonds. The number of hydrogen-bond acceptors (Lipinski definition) is 2. The maximum atomic E-state index is 12.4. The Hall–Kier alpha value is -1.42. The molecule has 1 rings (SSSR count). The van der Waals surface area contributed by atoms with Crippen molar-refractivity contribution in [2.45, 2.75) is 13.0 Å². The fourth-order valence-corrected chi connectivity index (χ4v) is 0.780. The van der Waals surface area contributed by atoms with Crippen LogP contribution in [0.25, 0.3) is 0 Å². The summed E-state index contributed by atoms with van der Waals surface area (Å²) in [5.41, 5.74) is 0.465. The van der Waals surface area contributed by atoms with Crippen molar-refractivity contribution in [1.29, 1.82) is 0 Å². The number of anilines is 1. The zero-order valence-corrected chi connectivity index (χ0v) is 7.12. The van der Waals surface area contributed by atoms with Crippen LogP contribution in [0.3, 0.4) is 0 Å². The van der Waals surface area contributed by atoms with Crippen LogP contribution in [0.5, 0.6) is 0 Å². The third-order valence-corrected chi connectivity index (χ3v) is 1.49. The first-order valence-electron chi connectivity index (χ1n) is 3.84. The van der Waals surface area contributed by atoms with Crippen molar-refractivity contribution in [3.05, 3.63) is 30.1 Å². The van der Waals surface area contributed by atoms with Gasteiger partial charge in [0.2, 0.25) is 0 Å². The van der Waals surface area contributed by atoms with Crippen molar-refractivity contribution in [3.8, 4) is 0 Å². The molecular weight excluding hydrogens is 173 g/mol. The van der Waals surface area contributed by atoms with Crippen LogP contribution in [0.15, 0.2) is 24.3 Å². The monoisotopic (exact) mass is 183 g/mol. The Kier molecular flexibility index (Phi) is 2.97. The Morgan fingerprint density at radius 3 is 2.46 bits per heavy atom. The molecule has 1 aromatic rings. The highest BCUT2D eigenvalue weighted by Gasteiger charge is 2.07. The van der Waals surface area contributed by atoms with Crippen LogP contribution >= 0.6 is 0 Å². The summed E-state index contributed by atoms with van der Waals surface area (Å²) in [5.74, 6) is -0.873. The molecule has 0 aliphatic heterocycles. The fraction of sp³-hybridized carbons (Fsp3) is 0.222. The zero-order chi connectivity index (χ0) is 9.84. The third-order valence-electron chi connectivity index (χ3n) is 1.49. The molecule has 2 N–H and O–H groups in total. The van der Waals surface area contributed by atoms with Gasteiger partial charge in [-0.1, -0.05) is 0 Å². The minimum atomic E-state index is -1.06. The number of carbonyl (C=O) groups excluding carboxylic acids is 1. The highest BCUT2D eigenvalue weighted by Crippen LogP contribution is 2.08. The maximum Gasteiger partial charge on any atom is 0.252 e. The molecule has 4 heteroatoms. The average molecular weight is 183 g/mol. The number of nitrogens with one attached hydrogen (secondary N) is 1. The minimum absolute atomic E-state index is 0.366. The Morgan fingerprint density at radius 2 is 2.00 bits per heavy atom. The van der Waals surface area contributed by atoms with Gasteiger partial charge in [0.1, 0.15) is 11.9 Å². The van der Waals surface area contributed by atoms with Gasteiger partial charge in [-0.25, -0.2) is 4.39 Å². The van der Waals surface area contributed by atoms with Crippen LogP contribution in [-0.4, -0.2) is 17.1 Å². The van der Waals surface area contributed by atoms with E-state index in [0.29, 0.717) is 5.69 Å². The molecule has 70 valence electrons. The summed E-state index contributed by atoms with van der Waals surface area (Å²) in [6.45, 7) is 1.36. The summed E-state index contributed by atoms with van der Waals surface area (Å²) in [7, 11) is 0. The van der Waals surface area contributed by atoms with Crippen molar-refractivity contribution < 1.29 is 14.3 Å². The Bertz CT molecular complexity index is 295. The Balaban J connectivity index is 2.65. The van der Waals surface area contributed by atoms with Gasteiger partial charge in [0, 0.05) is 5.69 Å². The molecule has 0 fully saturated rings. The molecular formula is C9H10FNO2. The van der Waals surface area contributed by atoms with Crippen LogP contribution in [-0.2, 0) is 4.79 Å². The van der Waals surface area contributed by atoms with Crippen LogP contribution in [0.4, 0.5) is 10.1 Å². The molecule has 0 aliphatic carbocycles. The third kappa shape index (κ3) is 2.83. The normalized spacial score (nSPS) is 12.2. The zero-order valence-electron chi connectivity index (χ0n) is 7.12. The van der Waals surface area contributed by atoms with Crippen LogP contribution in [0.1, 0.15) is 6.92 Å². The van der Waals surface area contributed by atoms with Gasteiger partial charge in [-0.3, -0.25) is 4.79 Å². The first kappa shape index (κ1) is 9.67. The van der Waals surface area contributed by atoms with Crippen molar-refractivity contribution in [3.63, 3.8) is 0 Å². The second-order valence-electron chi connectivity index (χ2n) is 2.67. The highest BCUT2D eigenvalue weighted by molar-refractivity contribution is 5.93. The molecule has 3 nitrogen and oxygen atoms in total. The number of halogens is 1. The highest BCUT2D eigenvalue weighted by atomic mass is 19.1. The minimum Gasteiger partial charge on any atom is -0.384 e. The Labute approximate surface area is 75.2 Å². The summed E-state index contributed by atoms with van der Waals surface area (Å²) >= 11 is 0. The second kappa shape index (κ2) is 4.00. The van der Waals surface area contributed by atoms with E-state index in [1.54, 1.807) is 0 Å². The molecule has 0 radical (unpaired) electrons.